The summed E-state index contributed by atoms with van der Waals surface area (Å²) in [4.78, 5) is 43.4. The number of carbonyl (C=O) groups excluding carboxylic acids is 3. The summed E-state index contributed by atoms with van der Waals surface area (Å²) in [6, 6.07) is 11.7. The van der Waals surface area contributed by atoms with E-state index in [1.165, 1.54) is 12.1 Å². The Kier molecular flexibility index (Phi) is 5.83. The highest BCUT2D eigenvalue weighted by Crippen LogP contribution is 2.38. The summed E-state index contributed by atoms with van der Waals surface area (Å²) < 4.78 is 13.9. The van der Waals surface area contributed by atoms with Crippen LogP contribution in [0.1, 0.15) is 41.5 Å². The molecule has 0 aromatic heterocycles. The number of imide groups is 1. The molecule has 0 N–H and O–H groups in total. The SMILES string of the molecule is [N-]=[N+]=NCc1ccc(/C=C2\C=C(CC(=O)ON3C(=O)CCC3=O)c3cc(F)ccc32)cc1. The van der Waals surface area contributed by atoms with Crippen LogP contribution in [0.4, 0.5) is 4.39 Å². The molecule has 2 amide bonds. The number of amides is 2. The Morgan fingerprint density at radius 3 is 2.53 bits per heavy atom. The molecule has 1 aliphatic carbocycles. The molecule has 1 saturated heterocycles. The fraction of sp³-hybridized carbons (Fsp3) is 0.174. The van der Waals surface area contributed by atoms with Gasteiger partial charge in [0.25, 0.3) is 11.8 Å². The molecule has 1 aliphatic heterocycles. The molecule has 2 aliphatic rings. The highest BCUT2D eigenvalue weighted by Gasteiger charge is 2.33. The van der Waals surface area contributed by atoms with Crippen molar-refractivity contribution in [3.63, 3.8) is 0 Å². The monoisotopic (exact) mass is 432 g/mol. The third kappa shape index (κ3) is 4.43. The molecule has 160 valence electrons. The van der Waals surface area contributed by atoms with E-state index in [0.717, 1.165) is 22.3 Å². The van der Waals surface area contributed by atoms with Crippen LogP contribution in [0.2, 0.25) is 0 Å². The van der Waals surface area contributed by atoms with Gasteiger partial charge in [0.15, 0.2) is 0 Å². The van der Waals surface area contributed by atoms with Gasteiger partial charge in [-0.1, -0.05) is 35.4 Å². The normalized spacial score (nSPS) is 16.1. The molecule has 0 atom stereocenters. The maximum atomic E-state index is 13.9. The first-order valence-corrected chi connectivity index (χ1v) is 9.83. The van der Waals surface area contributed by atoms with Crippen molar-refractivity contribution >= 4 is 35.0 Å². The number of benzene rings is 2. The highest BCUT2D eigenvalue weighted by molar-refractivity contribution is 6.05. The van der Waals surface area contributed by atoms with Gasteiger partial charge in [0.1, 0.15) is 5.82 Å². The third-order valence-corrected chi connectivity index (χ3v) is 5.12. The highest BCUT2D eigenvalue weighted by atomic mass is 19.1. The van der Waals surface area contributed by atoms with Crippen LogP contribution in [0.5, 0.6) is 0 Å². The molecule has 4 rings (SSSR count). The molecule has 0 saturated carbocycles. The maximum absolute atomic E-state index is 13.9. The summed E-state index contributed by atoms with van der Waals surface area (Å²) >= 11 is 0. The zero-order valence-corrected chi connectivity index (χ0v) is 16.8. The Morgan fingerprint density at radius 2 is 1.84 bits per heavy atom. The van der Waals surface area contributed by atoms with Crippen molar-refractivity contribution in [3.05, 3.63) is 87.1 Å². The van der Waals surface area contributed by atoms with Crippen LogP contribution in [-0.2, 0) is 25.8 Å². The molecule has 2 aromatic carbocycles. The van der Waals surface area contributed by atoms with Crippen molar-refractivity contribution in [1.29, 1.82) is 0 Å². The molecule has 0 spiro atoms. The van der Waals surface area contributed by atoms with E-state index >= 15 is 0 Å². The second-order valence-electron chi connectivity index (χ2n) is 7.31. The molecule has 1 heterocycles. The van der Waals surface area contributed by atoms with Crippen LogP contribution in [0.15, 0.2) is 53.7 Å². The first-order chi connectivity index (χ1) is 15.4. The van der Waals surface area contributed by atoms with Gasteiger partial charge in [-0.2, -0.15) is 0 Å². The number of carbonyl (C=O) groups is 3. The van der Waals surface area contributed by atoms with E-state index in [1.54, 1.807) is 12.1 Å². The average molecular weight is 432 g/mol. The van der Waals surface area contributed by atoms with E-state index in [1.807, 2.05) is 30.3 Å². The van der Waals surface area contributed by atoms with Crippen molar-refractivity contribution in [2.24, 2.45) is 5.11 Å². The lowest BCUT2D eigenvalue weighted by atomic mass is 10.0. The smallest absolute Gasteiger partial charge is 0.330 e. The van der Waals surface area contributed by atoms with E-state index in [2.05, 4.69) is 10.0 Å². The van der Waals surface area contributed by atoms with Gasteiger partial charge in [-0.25, -0.2) is 9.18 Å². The largest absolute Gasteiger partial charge is 0.337 e. The molecule has 32 heavy (non-hydrogen) atoms. The lowest BCUT2D eigenvalue weighted by Crippen LogP contribution is -2.32. The van der Waals surface area contributed by atoms with Crippen molar-refractivity contribution in [3.8, 4) is 0 Å². The molecular weight excluding hydrogens is 415 g/mol. The quantitative estimate of drug-likeness (QED) is 0.288. The van der Waals surface area contributed by atoms with E-state index in [-0.39, 0.29) is 25.8 Å². The maximum Gasteiger partial charge on any atom is 0.337 e. The predicted octanol–water partition coefficient (Wildman–Crippen LogP) is 4.57. The van der Waals surface area contributed by atoms with Crippen molar-refractivity contribution < 1.29 is 23.6 Å². The second-order valence-corrected chi connectivity index (χ2v) is 7.31. The molecule has 0 bridgehead atoms. The zero-order valence-electron chi connectivity index (χ0n) is 16.8. The molecule has 9 heteroatoms. The summed E-state index contributed by atoms with van der Waals surface area (Å²) in [5, 5.41) is 4.03. The number of allylic oxidation sites excluding steroid dienone is 2. The van der Waals surface area contributed by atoms with Gasteiger partial charge < -0.3 is 4.84 Å². The average Bonchev–Trinajstić information content (AvgIpc) is 3.27. The molecule has 1 fully saturated rings. The number of halogens is 1. The number of hydroxylamine groups is 2. The molecule has 8 nitrogen and oxygen atoms in total. The van der Waals surface area contributed by atoms with Crippen molar-refractivity contribution in [1.82, 2.24) is 5.06 Å². The van der Waals surface area contributed by atoms with Crippen LogP contribution in [0.25, 0.3) is 27.7 Å². The Balaban J connectivity index is 1.58. The minimum atomic E-state index is -0.779. The summed E-state index contributed by atoms with van der Waals surface area (Å²) in [7, 11) is 0. The van der Waals surface area contributed by atoms with Crippen LogP contribution in [0.3, 0.4) is 0 Å². The first kappa shape index (κ1) is 21.0. The summed E-state index contributed by atoms with van der Waals surface area (Å²) in [5.41, 5.74) is 12.8. The fourth-order valence-electron chi connectivity index (χ4n) is 3.60. The van der Waals surface area contributed by atoms with E-state index in [4.69, 9.17) is 10.4 Å². The van der Waals surface area contributed by atoms with Crippen LogP contribution < -0.4 is 0 Å². The van der Waals surface area contributed by atoms with Gasteiger partial charge in [0, 0.05) is 17.8 Å². The fourth-order valence-corrected chi connectivity index (χ4v) is 3.60. The van der Waals surface area contributed by atoms with E-state index in [9.17, 15) is 18.8 Å². The first-order valence-electron chi connectivity index (χ1n) is 9.83. The van der Waals surface area contributed by atoms with E-state index in [0.29, 0.717) is 16.2 Å². The number of hydrogen-bond donors (Lipinski definition) is 0. The molecular formula is C23H17FN4O4. The molecule has 2 aromatic rings. The van der Waals surface area contributed by atoms with Gasteiger partial charge in [0.05, 0.1) is 13.0 Å². The number of fused-ring (bicyclic) bond motifs is 1. The van der Waals surface area contributed by atoms with Crippen LogP contribution >= 0.6 is 0 Å². The van der Waals surface area contributed by atoms with E-state index < -0.39 is 23.6 Å². The molecule has 0 radical (unpaired) electrons. The Hall–Kier alpha value is -4.23. The van der Waals surface area contributed by atoms with Crippen molar-refractivity contribution in [2.75, 3.05) is 0 Å². The molecule has 0 unspecified atom stereocenters. The lowest BCUT2D eigenvalue weighted by Gasteiger charge is -2.13. The van der Waals surface area contributed by atoms with Gasteiger partial charge in [-0.05, 0) is 63.2 Å². The predicted molar refractivity (Wildman–Crippen MR) is 113 cm³/mol. The number of rotatable bonds is 6. The van der Waals surface area contributed by atoms with Gasteiger partial charge in [-0.3, -0.25) is 9.59 Å². The number of nitrogens with zero attached hydrogens (tertiary/aromatic N) is 4. The topological polar surface area (TPSA) is 112 Å². The minimum Gasteiger partial charge on any atom is -0.330 e. The lowest BCUT2D eigenvalue weighted by molar-refractivity contribution is -0.196. The zero-order chi connectivity index (χ0) is 22.7. The van der Waals surface area contributed by atoms with Gasteiger partial charge >= 0.3 is 5.97 Å². The second kappa shape index (κ2) is 8.87. The summed E-state index contributed by atoms with van der Waals surface area (Å²) in [5.74, 6) is -2.34. The standard InChI is InChI=1S/C23H17FN4O4/c24-18-5-6-19-16(9-14-1-3-15(4-2-14)13-26-27-25)10-17(20(19)12-18)11-23(31)32-28-21(29)7-8-22(28)30/h1-6,9-10,12H,7-8,11,13H2/b16-9+. The Morgan fingerprint density at radius 1 is 1.12 bits per heavy atom. The minimum absolute atomic E-state index is 0.0113. The Bertz CT molecular complexity index is 1210. The number of hydrogen-bond acceptors (Lipinski definition) is 5. The van der Waals surface area contributed by atoms with Gasteiger partial charge in [0.2, 0.25) is 0 Å². The van der Waals surface area contributed by atoms with Crippen LogP contribution in [-0.4, -0.2) is 22.8 Å². The number of azide groups is 1. The van der Waals surface area contributed by atoms with Crippen molar-refractivity contribution in [2.45, 2.75) is 25.8 Å². The Labute approximate surface area is 182 Å². The van der Waals surface area contributed by atoms with Gasteiger partial charge in [-0.15, -0.1) is 5.06 Å². The third-order valence-electron chi connectivity index (χ3n) is 5.12. The summed E-state index contributed by atoms with van der Waals surface area (Å²) in [6.07, 6.45) is 3.44. The van der Waals surface area contributed by atoms with Crippen LogP contribution in [0, 0.1) is 5.82 Å². The summed E-state index contributed by atoms with van der Waals surface area (Å²) in [6.45, 7) is 0.254.